The van der Waals surface area contributed by atoms with E-state index in [0.717, 1.165) is 16.4 Å². The van der Waals surface area contributed by atoms with E-state index in [1.54, 1.807) is 0 Å². The van der Waals surface area contributed by atoms with E-state index in [0.29, 0.717) is 30.8 Å². The van der Waals surface area contributed by atoms with Crippen LogP contribution < -0.4 is 4.90 Å². The summed E-state index contributed by atoms with van der Waals surface area (Å²) in [5.41, 5.74) is 0. The van der Waals surface area contributed by atoms with Crippen molar-refractivity contribution in [3.63, 3.8) is 0 Å². The molecule has 7 nitrogen and oxygen atoms in total. The van der Waals surface area contributed by atoms with E-state index in [1.807, 2.05) is 46.1 Å². The molecule has 3 heterocycles. The standard InChI is InChI=1S/C18H17F2N5O2S/c19-14-3-4-15(20)16(13-14)28(26,27)25-11-9-24(10-12-25)18-6-5-17(21-22-18)23-7-1-2-8-23/h1-8,13H,9-12H2. The first-order chi connectivity index (χ1) is 13.4. The second-order valence-corrected chi connectivity index (χ2v) is 8.21. The third kappa shape index (κ3) is 3.48. The zero-order valence-corrected chi connectivity index (χ0v) is 15.6. The molecule has 0 bridgehead atoms. The second-order valence-electron chi connectivity index (χ2n) is 6.31. The van der Waals surface area contributed by atoms with Crippen molar-refractivity contribution in [3.05, 3.63) is 66.5 Å². The van der Waals surface area contributed by atoms with E-state index in [9.17, 15) is 17.2 Å². The fourth-order valence-electron chi connectivity index (χ4n) is 3.08. The maximum atomic E-state index is 13.9. The highest BCUT2D eigenvalue weighted by Gasteiger charge is 2.31. The van der Waals surface area contributed by atoms with Gasteiger partial charge in [0.2, 0.25) is 10.0 Å². The lowest BCUT2D eigenvalue weighted by Crippen LogP contribution is -2.49. The van der Waals surface area contributed by atoms with Crippen LogP contribution in [0.25, 0.3) is 5.82 Å². The van der Waals surface area contributed by atoms with Crippen molar-refractivity contribution >= 4 is 15.8 Å². The number of halogens is 2. The van der Waals surface area contributed by atoms with Gasteiger partial charge in [0, 0.05) is 38.6 Å². The molecule has 4 rings (SSSR count). The number of anilines is 1. The van der Waals surface area contributed by atoms with Gasteiger partial charge in [-0.15, -0.1) is 10.2 Å². The van der Waals surface area contributed by atoms with Gasteiger partial charge >= 0.3 is 0 Å². The lowest BCUT2D eigenvalue weighted by molar-refractivity contribution is 0.380. The Balaban J connectivity index is 1.46. The second kappa shape index (κ2) is 7.28. The number of hydrogen-bond donors (Lipinski definition) is 0. The van der Waals surface area contributed by atoms with Gasteiger partial charge in [0.25, 0.3) is 0 Å². The third-order valence-corrected chi connectivity index (χ3v) is 6.49. The van der Waals surface area contributed by atoms with E-state index < -0.39 is 26.6 Å². The topological polar surface area (TPSA) is 71.3 Å². The van der Waals surface area contributed by atoms with Gasteiger partial charge in [-0.25, -0.2) is 17.2 Å². The maximum Gasteiger partial charge on any atom is 0.246 e. The van der Waals surface area contributed by atoms with E-state index in [2.05, 4.69) is 10.2 Å². The van der Waals surface area contributed by atoms with Crippen LogP contribution >= 0.6 is 0 Å². The molecule has 0 N–H and O–H groups in total. The highest BCUT2D eigenvalue weighted by molar-refractivity contribution is 7.89. The molecule has 0 saturated carbocycles. The number of sulfonamides is 1. The SMILES string of the molecule is O=S(=O)(c1cc(F)ccc1F)N1CCN(c2ccc(-n3cccc3)nn2)CC1. The fraction of sp³-hybridized carbons (Fsp3) is 0.222. The van der Waals surface area contributed by atoms with Crippen molar-refractivity contribution in [2.45, 2.75) is 4.90 Å². The molecule has 3 aromatic rings. The summed E-state index contributed by atoms with van der Waals surface area (Å²) in [6, 6.07) is 9.84. The smallest absolute Gasteiger partial charge is 0.246 e. The summed E-state index contributed by atoms with van der Waals surface area (Å²) in [4.78, 5) is 1.26. The number of aromatic nitrogens is 3. The molecule has 1 aromatic carbocycles. The number of hydrogen-bond acceptors (Lipinski definition) is 5. The summed E-state index contributed by atoms with van der Waals surface area (Å²) in [7, 11) is -4.10. The van der Waals surface area contributed by atoms with Gasteiger partial charge in [-0.3, -0.25) is 0 Å². The van der Waals surface area contributed by atoms with Crippen LogP contribution in [0.2, 0.25) is 0 Å². The summed E-state index contributed by atoms with van der Waals surface area (Å²) in [6.45, 7) is 1.01. The largest absolute Gasteiger partial charge is 0.352 e. The molecule has 28 heavy (non-hydrogen) atoms. The molecule has 1 saturated heterocycles. The molecule has 1 aliphatic rings. The third-order valence-electron chi connectivity index (χ3n) is 4.58. The molecule has 146 valence electrons. The molecule has 0 atom stereocenters. The van der Waals surface area contributed by atoms with E-state index in [-0.39, 0.29) is 13.1 Å². The van der Waals surface area contributed by atoms with Crippen molar-refractivity contribution in [2.24, 2.45) is 0 Å². The Bertz CT molecular complexity index is 1060. The van der Waals surface area contributed by atoms with E-state index in [1.165, 1.54) is 0 Å². The number of piperazine rings is 1. The van der Waals surface area contributed by atoms with Gasteiger partial charge in [-0.2, -0.15) is 4.31 Å². The van der Waals surface area contributed by atoms with Crippen LogP contribution in [0.3, 0.4) is 0 Å². The Morgan fingerprint density at radius 3 is 2.14 bits per heavy atom. The molecule has 0 aliphatic carbocycles. The van der Waals surface area contributed by atoms with Crippen molar-refractivity contribution in [1.29, 1.82) is 0 Å². The van der Waals surface area contributed by atoms with E-state index >= 15 is 0 Å². The molecule has 1 fully saturated rings. The predicted molar refractivity (Wildman–Crippen MR) is 98.7 cm³/mol. The number of rotatable bonds is 4. The molecule has 0 spiro atoms. The summed E-state index contributed by atoms with van der Waals surface area (Å²) in [6.07, 6.45) is 3.72. The molecule has 1 aliphatic heterocycles. The van der Waals surface area contributed by atoms with Crippen LogP contribution in [0.4, 0.5) is 14.6 Å². The van der Waals surface area contributed by atoms with E-state index in [4.69, 9.17) is 0 Å². The summed E-state index contributed by atoms with van der Waals surface area (Å²) >= 11 is 0. The lowest BCUT2D eigenvalue weighted by atomic mass is 10.3. The van der Waals surface area contributed by atoms with Crippen LogP contribution in [0.15, 0.2) is 59.8 Å². The minimum absolute atomic E-state index is 0.138. The van der Waals surface area contributed by atoms with Crippen LogP contribution in [-0.4, -0.2) is 53.7 Å². The zero-order valence-electron chi connectivity index (χ0n) is 14.7. The summed E-state index contributed by atoms with van der Waals surface area (Å²) < 4.78 is 55.6. The fourth-order valence-corrected chi connectivity index (χ4v) is 4.58. The van der Waals surface area contributed by atoms with Gasteiger partial charge < -0.3 is 9.47 Å². The minimum Gasteiger partial charge on any atom is -0.352 e. The predicted octanol–water partition coefficient (Wildman–Crippen LogP) is 2.06. The average molecular weight is 405 g/mol. The average Bonchev–Trinajstić information content (AvgIpc) is 3.25. The quantitative estimate of drug-likeness (QED) is 0.665. The monoisotopic (exact) mass is 405 g/mol. The summed E-state index contributed by atoms with van der Waals surface area (Å²) in [5.74, 6) is -0.451. The Morgan fingerprint density at radius 1 is 0.857 bits per heavy atom. The van der Waals surface area contributed by atoms with Crippen LogP contribution in [0, 0.1) is 11.6 Å². The first kappa shape index (κ1) is 18.5. The van der Waals surface area contributed by atoms with Gasteiger partial charge in [0.15, 0.2) is 11.6 Å². The zero-order chi connectivity index (χ0) is 19.7. The Labute approximate surface area is 160 Å². The van der Waals surface area contributed by atoms with Crippen molar-refractivity contribution in [2.75, 3.05) is 31.1 Å². The lowest BCUT2D eigenvalue weighted by Gasteiger charge is -2.34. The first-order valence-corrected chi connectivity index (χ1v) is 10.1. The van der Waals surface area contributed by atoms with Crippen LogP contribution in [0.1, 0.15) is 0 Å². The number of benzene rings is 1. The van der Waals surface area contributed by atoms with Gasteiger partial charge in [-0.05, 0) is 42.5 Å². The molecule has 0 radical (unpaired) electrons. The molecule has 2 aromatic heterocycles. The maximum absolute atomic E-state index is 13.9. The molecule has 10 heteroatoms. The molecular weight excluding hydrogens is 388 g/mol. The highest BCUT2D eigenvalue weighted by Crippen LogP contribution is 2.23. The normalized spacial score (nSPS) is 15.7. The number of nitrogens with zero attached hydrogens (tertiary/aromatic N) is 5. The van der Waals surface area contributed by atoms with Crippen molar-refractivity contribution in [3.8, 4) is 5.82 Å². The van der Waals surface area contributed by atoms with Gasteiger partial charge in [-0.1, -0.05) is 0 Å². The Morgan fingerprint density at radius 2 is 1.50 bits per heavy atom. The van der Waals surface area contributed by atoms with Gasteiger partial charge in [0.05, 0.1) is 0 Å². The van der Waals surface area contributed by atoms with Crippen LogP contribution in [-0.2, 0) is 10.0 Å². The molecular formula is C18H17F2N5O2S. The van der Waals surface area contributed by atoms with Crippen molar-refractivity contribution < 1.29 is 17.2 Å². The van der Waals surface area contributed by atoms with Crippen LogP contribution in [0.5, 0.6) is 0 Å². The minimum atomic E-state index is -4.10. The Kier molecular flexibility index (Phi) is 4.82. The van der Waals surface area contributed by atoms with Gasteiger partial charge in [0.1, 0.15) is 16.5 Å². The van der Waals surface area contributed by atoms with Crippen molar-refractivity contribution in [1.82, 2.24) is 19.1 Å². The summed E-state index contributed by atoms with van der Waals surface area (Å²) in [5, 5.41) is 8.39. The molecule has 0 amide bonds. The highest BCUT2D eigenvalue weighted by atomic mass is 32.2. The first-order valence-electron chi connectivity index (χ1n) is 8.62. The molecule has 0 unspecified atom stereocenters. The Hall–Kier alpha value is -2.85.